The maximum absolute atomic E-state index is 13.0. The summed E-state index contributed by atoms with van der Waals surface area (Å²) in [4.78, 5) is 50.7. The fourth-order valence-electron chi connectivity index (χ4n) is 3.33. The van der Waals surface area contributed by atoms with Crippen molar-refractivity contribution in [1.29, 1.82) is 0 Å². The molecule has 2 amide bonds. The van der Waals surface area contributed by atoms with Crippen LogP contribution in [0.15, 0.2) is 32.1 Å². The first-order valence-corrected chi connectivity index (χ1v) is 13.2. The van der Waals surface area contributed by atoms with E-state index in [-0.39, 0.29) is 76.4 Å². The molecule has 1 unspecified atom stereocenters. The molecule has 2 aliphatic heterocycles. The molecule has 1 saturated heterocycles. The largest absolute Gasteiger partial charge is 1.00 e. The number of nitrogens with two attached hydrogens (primary N) is 1. The number of thioether (sulfide) groups is 2. The zero-order valence-electron chi connectivity index (χ0n) is 19.9. The van der Waals surface area contributed by atoms with Gasteiger partial charge in [-0.3, -0.25) is 14.5 Å². The van der Waals surface area contributed by atoms with Crippen molar-refractivity contribution in [3.8, 4) is 0 Å². The Kier molecular flexibility index (Phi) is 10.4. The second-order valence-corrected chi connectivity index (χ2v) is 10.2. The summed E-state index contributed by atoms with van der Waals surface area (Å²) >= 11 is 3.59. The minimum atomic E-state index is -1.50. The number of β-lactam (4-membered cyclic amide) rings is 1. The number of oxime groups is 1. The van der Waals surface area contributed by atoms with Crippen LogP contribution in [0.25, 0.3) is 10.4 Å². The van der Waals surface area contributed by atoms with Gasteiger partial charge in [-0.25, -0.2) is 9.67 Å². The third-order valence-corrected chi connectivity index (χ3v) is 8.08. The smallest absolute Gasteiger partial charge is 0.543 e. The van der Waals surface area contributed by atoms with E-state index < -0.39 is 29.2 Å². The number of carboxylic acids is 1. The van der Waals surface area contributed by atoms with Gasteiger partial charge in [0.25, 0.3) is 11.8 Å². The van der Waals surface area contributed by atoms with Crippen molar-refractivity contribution >= 4 is 63.5 Å². The predicted octanol–water partition coefficient (Wildman–Crippen LogP) is -4.52. The maximum Gasteiger partial charge on any atom is 1.00 e. The summed E-state index contributed by atoms with van der Waals surface area (Å²) in [5.74, 6) is -2.37. The minimum absolute atomic E-state index is 0. The van der Waals surface area contributed by atoms with Gasteiger partial charge in [-0.2, -0.15) is 0 Å². The van der Waals surface area contributed by atoms with Gasteiger partial charge in [0.1, 0.15) is 23.7 Å². The number of aliphatic carboxylic acids is 1. The van der Waals surface area contributed by atoms with Crippen LogP contribution in [0.1, 0.15) is 5.69 Å². The number of rotatable bonds is 11. The quantitative estimate of drug-likeness (QED) is 0.0290. The first-order valence-electron chi connectivity index (χ1n) is 10.3. The number of amides is 2. The normalized spacial score (nSPS) is 18.6. The maximum atomic E-state index is 13.0. The molecule has 2 aromatic heterocycles. The van der Waals surface area contributed by atoms with Gasteiger partial charge in [-0.05, 0) is 21.5 Å². The first kappa shape index (κ1) is 29.7. The van der Waals surface area contributed by atoms with Crippen LogP contribution in [0.5, 0.6) is 0 Å². The number of carbonyl (C=O) groups is 3. The molecule has 3 N–H and O–H groups in total. The van der Waals surface area contributed by atoms with Gasteiger partial charge in [-0.15, -0.1) is 28.2 Å². The van der Waals surface area contributed by atoms with Crippen molar-refractivity contribution in [2.75, 3.05) is 30.4 Å². The standard InChI is InChI=1S/C17H18N12O5S3.Na/c1-28-17(23-26-27-28)37-5-7-4-35-14-10(13(31)29(14)11(7)15(32)33)22-12(30)9(8-6-36-16(18)21-8)24-34-3-2-20-25-19;/h6,10,14H,2-5H2,1H3,(H2,18,21)(H,22,30)(H,32,33);/q;+1/p-1/t10?,14-;/m1./s1. The van der Waals surface area contributed by atoms with Gasteiger partial charge < -0.3 is 25.8 Å². The summed E-state index contributed by atoms with van der Waals surface area (Å²) in [6, 6.07) is -1.02. The molecule has 0 aliphatic carbocycles. The SMILES string of the molecule is Cn1nnnc1SCC1=C(C(=O)[O-])N2C(=O)C(NC(=O)C(=NOCCN=[N+]=[N-])c3csc(N)n3)[C@H]2SC1.[Na+]. The van der Waals surface area contributed by atoms with Gasteiger partial charge in [0.2, 0.25) is 5.16 Å². The van der Waals surface area contributed by atoms with Crippen molar-refractivity contribution < 1.29 is 53.9 Å². The van der Waals surface area contributed by atoms with Crippen molar-refractivity contribution in [2.24, 2.45) is 17.3 Å². The van der Waals surface area contributed by atoms with Crippen molar-refractivity contribution in [1.82, 2.24) is 35.4 Å². The number of aryl methyl sites for hydroxylation is 1. The number of azide groups is 1. The topological polar surface area (TPSA) is 242 Å². The summed E-state index contributed by atoms with van der Waals surface area (Å²) < 4.78 is 1.44. The summed E-state index contributed by atoms with van der Waals surface area (Å²) in [7, 11) is 1.65. The predicted molar refractivity (Wildman–Crippen MR) is 130 cm³/mol. The molecule has 4 rings (SSSR count). The Morgan fingerprint density at radius 3 is 2.89 bits per heavy atom. The molecule has 0 spiro atoms. The molecule has 0 saturated carbocycles. The number of aromatic nitrogens is 5. The number of anilines is 1. The minimum Gasteiger partial charge on any atom is -0.543 e. The number of carboxylic acid groups (broad SMARTS) is 1. The number of thiazole rings is 1. The molecule has 0 radical (unpaired) electrons. The van der Waals surface area contributed by atoms with Crippen LogP contribution in [0, 0.1) is 0 Å². The Labute approximate surface area is 248 Å². The van der Waals surface area contributed by atoms with Crippen LogP contribution in [0.4, 0.5) is 5.13 Å². The molecule has 1 fully saturated rings. The summed E-state index contributed by atoms with van der Waals surface area (Å²) in [5, 5.41) is 34.2. The van der Waals surface area contributed by atoms with Crippen LogP contribution >= 0.6 is 34.9 Å². The average molecular weight is 589 g/mol. The molecular formula is C17H17N12NaO5S3. The van der Waals surface area contributed by atoms with Gasteiger partial charge >= 0.3 is 29.6 Å². The number of fused-ring (bicyclic) bond motifs is 1. The molecule has 2 aromatic rings. The summed E-state index contributed by atoms with van der Waals surface area (Å²) in [6.45, 7) is -0.116. The van der Waals surface area contributed by atoms with Crippen LogP contribution in [-0.2, 0) is 26.3 Å². The zero-order valence-corrected chi connectivity index (χ0v) is 24.3. The Balaban J connectivity index is 0.00000400. The van der Waals surface area contributed by atoms with E-state index in [1.54, 1.807) is 7.05 Å². The van der Waals surface area contributed by atoms with Crippen LogP contribution in [-0.4, -0.2) is 89.7 Å². The number of hydrogen-bond acceptors (Lipinski definition) is 15. The zero-order chi connectivity index (χ0) is 26.5. The van der Waals surface area contributed by atoms with Crippen molar-refractivity contribution in [3.05, 3.63) is 32.8 Å². The van der Waals surface area contributed by atoms with Gasteiger partial charge in [0.05, 0.1) is 18.2 Å². The summed E-state index contributed by atoms with van der Waals surface area (Å²) in [5.41, 5.74) is 14.1. The van der Waals surface area contributed by atoms with Crippen LogP contribution < -0.4 is 45.7 Å². The fraction of sp³-hybridized carbons (Fsp3) is 0.412. The Bertz CT molecular complexity index is 1340. The van der Waals surface area contributed by atoms with E-state index in [2.05, 4.69) is 41.0 Å². The second-order valence-electron chi connectivity index (χ2n) is 7.27. The number of tetrazole rings is 1. The first-order chi connectivity index (χ1) is 17.8. The number of hydrogen-bond donors (Lipinski definition) is 2. The Morgan fingerprint density at radius 2 is 2.26 bits per heavy atom. The molecular weight excluding hydrogens is 571 g/mol. The van der Waals surface area contributed by atoms with E-state index in [4.69, 9.17) is 16.1 Å². The van der Waals surface area contributed by atoms with E-state index in [0.29, 0.717) is 10.7 Å². The molecule has 38 heavy (non-hydrogen) atoms. The third-order valence-electron chi connectivity index (χ3n) is 4.97. The van der Waals surface area contributed by atoms with Gasteiger partial charge in [0, 0.05) is 28.8 Å². The second kappa shape index (κ2) is 13.3. The molecule has 194 valence electrons. The molecule has 0 bridgehead atoms. The third kappa shape index (κ3) is 6.40. The monoisotopic (exact) mass is 588 g/mol. The van der Waals surface area contributed by atoms with E-state index in [1.807, 2.05) is 0 Å². The average Bonchev–Trinajstić information content (AvgIpc) is 3.49. The van der Waals surface area contributed by atoms with E-state index in [0.717, 1.165) is 16.2 Å². The summed E-state index contributed by atoms with van der Waals surface area (Å²) in [6.07, 6.45) is 0. The number of nitrogen functional groups attached to an aromatic ring is 1. The van der Waals surface area contributed by atoms with E-state index >= 15 is 0 Å². The van der Waals surface area contributed by atoms with Crippen molar-refractivity contribution in [3.63, 3.8) is 0 Å². The number of nitrogens with one attached hydrogen (secondary N) is 1. The van der Waals surface area contributed by atoms with Gasteiger partial charge in [0.15, 0.2) is 10.8 Å². The van der Waals surface area contributed by atoms with E-state index in [9.17, 15) is 19.5 Å². The van der Waals surface area contributed by atoms with E-state index in [1.165, 1.54) is 33.6 Å². The molecule has 17 nitrogen and oxygen atoms in total. The number of carbonyl (C=O) groups excluding carboxylic acids is 3. The van der Waals surface area contributed by atoms with Crippen LogP contribution in [0.2, 0.25) is 0 Å². The molecule has 0 aromatic carbocycles. The molecule has 2 atom stereocenters. The molecule has 21 heteroatoms. The fourth-order valence-corrected chi connectivity index (χ4v) is 6.21. The Morgan fingerprint density at radius 1 is 1.47 bits per heavy atom. The number of nitrogens with zero attached hydrogens (tertiary/aromatic N) is 10. The van der Waals surface area contributed by atoms with Crippen LogP contribution in [0.3, 0.4) is 0 Å². The molecule has 2 aliphatic rings. The van der Waals surface area contributed by atoms with Crippen molar-refractivity contribution in [2.45, 2.75) is 16.6 Å². The Hall–Kier alpha value is -2.87. The molecule has 4 heterocycles. The van der Waals surface area contributed by atoms with Gasteiger partial charge in [-0.1, -0.05) is 22.0 Å².